The molecule has 0 radical (unpaired) electrons. The summed E-state index contributed by atoms with van der Waals surface area (Å²) in [5.41, 5.74) is 2.92. The van der Waals surface area contributed by atoms with Crippen molar-refractivity contribution in [3.8, 4) is 0 Å². The first-order chi connectivity index (χ1) is 8.17. The maximum atomic E-state index is 4.39. The molecule has 1 atom stereocenters. The predicted octanol–water partition coefficient (Wildman–Crippen LogP) is 3.12. The molecule has 1 aromatic carbocycles. The first-order valence-electron chi connectivity index (χ1n) is 6.23. The van der Waals surface area contributed by atoms with Crippen molar-refractivity contribution >= 4 is 10.9 Å². The van der Waals surface area contributed by atoms with Crippen molar-refractivity contribution in [2.45, 2.75) is 32.9 Å². The molecule has 0 spiro atoms. The van der Waals surface area contributed by atoms with E-state index >= 15 is 0 Å². The Hall–Kier alpha value is -1.41. The fraction of sp³-hybridized carbons (Fsp3) is 0.400. The Morgan fingerprint density at radius 3 is 2.82 bits per heavy atom. The lowest BCUT2D eigenvalue weighted by Gasteiger charge is -2.09. The van der Waals surface area contributed by atoms with Crippen molar-refractivity contribution in [1.82, 2.24) is 10.3 Å². The van der Waals surface area contributed by atoms with Gasteiger partial charge in [-0.15, -0.1) is 0 Å². The molecule has 1 N–H and O–H groups in total. The van der Waals surface area contributed by atoms with E-state index in [-0.39, 0.29) is 0 Å². The van der Waals surface area contributed by atoms with E-state index in [0.717, 1.165) is 12.1 Å². The van der Waals surface area contributed by atoms with E-state index in [1.807, 2.05) is 12.3 Å². The Morgan fingerprint density at radius 2 is 2.06 bits per heavy atom. The van der Waals surface area contributed by atoms with Gasteiger partial charge in [0, 0.05) is 24.2 Å². The predicted molar refractivity (Wildman–Crippen MR) is 70.8 cm³/mol. The minimum Gasteiger partial charge on any atom is -0.309 e. The van der Waals surface area contributed by atoms with Crippen LogP contribution in [0.4, 0.5) is 0 Å². The quantitative estimate of drug-likeness (QED) is 0.869. The molecule has 17 heavy (non-hydrogen) atoms. The Bertz CT molecular complexity index is 540. The SMILES string of the molecule is CC1(C)CC1NCc1ccnc2ccccc12. The smallest absolute Gasteiger partial charge is 0.0705 e. The Balaban J connectivity index is 1.81. The van der Waals surface area contributed by atoms with Gasteiger partial charge >= 0.3 is 0 Å². The van der Waals surface area contributed by atoms with Gasteiger partial charge in [0.05, 0.1) is 5.52 Å². The second-order valence-corrected chi connectivity index (χ2v) is 5.61. The summed E-state index contributed by atoms with van der Waals surface area (Å²) in [6.07, 6.45) is 3.19. The third kappa shape index (κ3) is 2.05. The largest absolute Gasteiger partial charge is 0.309 e. The van der Waals surface area contributed by atoms with Crippen LogP contribution in [0.15, 0.2) is 36.5 Å². The normalized spacial score (nSPS) is 21.6. The van der Waals surface area contributed by atoms with E-state index in [1.54, 1.807) is 0 Å². The Kier molecular flexibility index (Phi) is 2.40. The third-order valence-corrected chi connectivity index (χ3v) is 3.79. The van der Waals surface area contributed by atoms with Crippen molar-refractivity contribution in [3.05, 3.63) is 42.1 Å². The number of nitrogens with zero attached hydrogens (tertiary/aromatic N) is 1. The molecule has 3 rings (SSSR count). The first-order valence-corrected chi connectivity index (χ1v) is 6.23. The van der Waals surface area contributed by atoms with Gasteiger partial charge in [-0.25, -0.2) is 0 Å². The van der Waals surface area contributed by atoms with Gasteiger partial charge in [-0.2, -0.15) is 0 Å². The summed E-state index contributed by atoms with van der Waals surface area (Å²) in [7, 11) is 0. The van der Waals surface area contributed by atoms with Crippen LogP contribution in [-0.4, -0.2) is 11.0 Å². The van der Waals surface area contributed by atoms with E-state index in [4.69, 9.17) is 0 Å². The number of pyridine rings is 1. The lowest BCUT2D eigenvalue weighted by atomic mass is 10.1. The van der Waals surface area contributed by atoms with Gasteiger partial charge in [0.15, 0.2) is 0 Å². The second-order valence-electron chi connectivity index (χ2n) is 5.61. The summed E-state index contributed by atoms with van der Waals surface area (Å²) in [5.74, 6) is 0. The molecule has 2 nitrogen and oxygen atoms in total. The second kappa shape index (κ2) is 3.81. The van der Waals surface area contributed by atoms with Gasteiger partial charge in [0.25, 0.3) is 0 Å². The summed E-state index contributed by atoms with van der Waals surface area (Å²) < 4.78 is 0. The minimum atomic E-state index is 0.489. The molecule has 1 aliphatic rings. The topological polar surface area (TPSA) is 24.9 Å². The molecule has 0 amide bonds. The van der Waals surface area contributed by atoms with Crippen LogP contribution in [-0.2, 0) is 6.54 Å². The van der Waals surface area contributed by atoms with Crippen molar-refractivity contribution in [2.75, 3.05) is 0 Å². The summed E-state index contributed by atoms with van der Waals surface area (Å²) >= 11 is 0. The number of fused-ring (bicyclic) bond motifs is 1. The first kappa shape index (κ1) is 10.7. The number of benzene rings is 1. The standard InChI is InChI=1S/C15H18N2/c1-15(2)9-14(15)17-10-11-7-8-16-13-6-4-3-5-12(11)13/h3-8,14,17H,9-10H2,1-2H3. The highest BCUT2D eigenvalue weighted by molar-refractivity contribution is 5.81. The van der Waals surface area contributed by atoms with Crippen molar-refractivity contribution in [2.24, 2.45) is 5.41 Å². The van der Waals surface area contributed by atoms with E-state index in [1.165, 1.54) is 17.4 Å². The summed E-state index contributed by atoms with van der Waals surface area (Å²) in [5, 5.41) is 4.89. The Morgan fingerprint density at radius 1 is 1.29 bits per heavy atom. The molecule has 0 bridgehead atoms. The van der Waals surface area contributed by atoms with Crippen LogP contribution in [0.5, 0.6) is 0 Å². The van der Waals surface area contributed by atoms with Crippen molar-refractivity contribution < 1.29 is 0 Å². The number of hydrogen-bond acceptors (Lipinski definition) is 2. The number of aromatic nitrogens is 1. The lowest BCUT2D eigenvalue weighted by molar-refractivity contribution is 0.543. The summed E-state index contributed by atoms with van der Waals surface area (Å²) in [6.45, 7) is 5.57. The van der Waals surface area contributed by atoms with Gasteiger partial charge in [-0.05, 0) is 29.5 Å². The average molecular weight is 226 g/mol. The van der Waals surface area contributed by atoms with Gasteiger partial charge < -0.3 is 5.32 Å². The van der Waals surface area contributed by atoms with Gasteiger partial charge in [0.2, 0.25) is 0 Å². The maximum absolute atomic E-state index is 4.39. The molecule has 0 aliphatic heterocycles. The average Bonchev–Trinajstić information content (AvgIpc) is 2.94. The molecule has 1 unspecified atom stereocenters. The monoisotopic (exact) mass is 226 g/mol. The van der Waals surface area contributed by atoms with E-state index < -0.39 is 0 Å². The zero-order valence-electron chi connectivity index (χ0n) is 10.4. The van der Waals surface area contributed by atoms with Gasteiger partial charge in [-0.1, -0.05) is 32.0 Å². The highest BCUT2D eigenvalue weighted by atomic mass is 15.0. The molecule has 1 heterocycles. The molecule has 2 aromatic rings. The molecule has 1 aliphatic carbocycles. The Labute approximate surface area is 102 Å². The number of para-hydroxylation sites is 1. The molecular weight excluding hydrogens is 208 g/mol. The van der Waals surface area contributed by atoms with Crippen LogP contribution in [0.25, 0.3) is 10.9 Å². The van der Waals surface area contributed by atoms with Crippen LogP contribution >= 0.6 is 0 Å². The zero-order valence-corrected chi connectivity index (χ0v) is 10.4. The molecule has 2 heteroatoms. The van der Waals surface area contributed by atoms with E-state index in [9.17, 15) is 0 Å². The molecule has 1 fully saturated rings. The van der Waals surface area contributed by atoms with Crippen molar-refractivity contribution in [1.29, 1.82) is 0 Å². The van der Waals surface area contributed by atoms with E-state index in [2.05, 4.69) is 48.4 Å². The fourth-order valence-corrected chi connectivity index (χ4v) is 2.36. The van der Waals surface area contributed by atoms with Gasteiger partial charge in [0.1, 0.15) is 0 Å². The summed E-state index contributed by atoms with van der Waals surface area (Å²) in [6, 6.07) is 11.1. The molecule has 88 valence electrons. The summed E-state index contributed by atoms with van der Waals surface area (Å²) in [4.78, 5) is 4.39. The minimum absolute atomic E-state index is 0.489. The zero-order chi connectivity index (χ0) is 11.9. The van der Waals surface area contributed by atoms with Gasteiger partial charge in [-0.3, -0.25) is 4.98 Å². The molecular formula is C15H18N2. The van der Waals surface area contributed by atoms with Crippen molar-refractivity contribution in [3.63, 3.8) is 0 Å². The van der Waals surface area contributed by atoms with Crippen LogP contribution in [0.1, 0.15) is 25.8 Å². The number of nitrogens with one attached hydrogen (secondary N) is 1. The van der Waals surface area contributed by atoms with E-state index in [0.29, 0.717) is 11.5 Å². The number of rotatable bonds is 3. The lowest BCUT2D eigenvalue weighted by Crippen LogP contribution is -2.20. The van der Waals surface area contributed by atoms with Crippen LogP contribution in [0.3, 0.4) is 0 Å². The highest BCUT2D eigenvalue weighted by Gasteiger charge is 2.44. The van der Waals surface area contributed by atoms with Crippen LogP contribution in [0.2, 0.25) is 0 Å². The van der Waals surface area contributed by atoms with Crippen LogP contribution < -0.4 is 5.32 Å². The number of hydrogen-bond donors (Lipinski definition) is 1. The van der Waals surface area contributed by atoms with Crippen LogP contribution in [0, 0.1) is 5.41 Å². The highest BCUT2D eigenvalue weighted by Crippen LogP contribution is 2.44. The molecule has 0 saturated heterocycles. The molecule has 1 aromatic heterocycles. The fourth-order valence-electron chi connectivity index (χ4n) is 2.36. The third-order valence-electron chi connectivity index (χ3n) is 3.79. The molecule has 1 saturated carbocycles. The maximum Gasteiger partial charge on any atom is 0.0705 e.